The number of urea groups is 1. The van der Waals surface area contributed by atoms with Crippen LogP contribution in [0.3, 0.4) is 0 Å². The monoisotopic (exact) mass is 477 g/mol. The Bertz CT molecular complexity index is 1200. The molecular weight excluding hydrogens is 449 g/mol. The van der Waals surface area contributed by atoms with Crippen molar-refractivity contribution >= 4 is 27.4 Å². The minimum atomic E-state index is -3.49. The first kappa shape index (κ1) is 23.4. The number of hydrogen-bond acceptors (Lipinski definition) is 7. The van der Waals surface area contributed by atoms with Crippen LogP contribution in [0.25, 0.3) is 11.4 Å². The lowest BCUT2D eigenvalue weighted by Crippen LogP contribution is -2.46. The largest absolute Gasteiger partial charge is 0.377 e. The van der Waals surface area contributed by atoms with Crippen molar-refractivity contribution in [2.45, 2.75) is 43.7 Å². The minimum Gasteiger partial charge on any atom is -0.377 e. The molecular formula is C22H28FN5O4S. The zero-order valence-corrected chi connectivity index (χ0v) is 19.9. The van der Waals surface area contributed by atoms with Gasteiger partial charge in [0.05, 0.1) is 36.4 Å². The van der Waals surface area contributed by atoms with E-state index in [1.54, 1.807) is 19.9 Å². The number of sulfone groups is 1. The number of carbonyl (C=O) groups is 1. The molecule has 178 valence electrons. The first-order chi connectivity index (χ1) is 15.6. The van der Waals surface area contributed by atoms with Crippen LogP contribution in [0, 0.1) is 5.82 Å². The molecule has 1 atom stereocenters. The lowest BCUT2D eigenvalue weighted by molar-refractivity contribution is 0.0925. The summed E-state index contributed by atoms with van der Waals surface area (Å²) in [6.45, 7) is 6.93. The van der Waals surface area contributed by atoms with Crippen LogP contribution in [0.5, 0.6) is 0 Å². The second-order valence-corrected chi connectivity index (χ2v) is 11.2. The van der Waals surface area contributed by atoms with Gasteiger partial charge in [0.2, 0.25) is 0 Å². The summed E-state index contributed by atoms with van der Waals surface area (Å²) < 4.78 is 45.1. The predicted molar refractivity (Wildman–Crippen MR) is 123 cm³/mol. The number of halogens is 1. The van der Waals surface area contributed by atoms with Gasteiger partial charge in [0.15, 0.2) is 15.7 Å². The maximum absolute atomic E-state index is 14.7. The molecule has 0 aliphatic carbocycles. The van der Waals surface area contributed by atoms with Gasteiger partial charge in [-0.2, -0.15) is 0 Å². The predicted octanol–water partition coefficient (Wildman–Crippen LogP) is 2.81. The van der Waals surface area contributed by atoms with Crippen molar-refractivity contribution in [3.05, 3.63) is 35.3 Å². The van der Waals surface area contributed by atoms with Crippen LogP contribution in [-0.2, 0) is 25.1 Å². The van der Waals surface area contributed by atoms with Crippen molar-refractivity contribution in [2.75, 3.05) is 37.0 Å². The van der Waals surface area contributed by atoms with Gasteiger partial charge in [-0.05, 0) is 38.5 Å². The topological polar surface area (TPSA) is 114 Å². The summed E-state index contributed by atoms with van der Waals surface area (Å²) in [6.07, 6.45) is 0.804. The Labute approximate surface area is 192 Å². The molecule has 0 bridgehead atoms. The summed E-state index contributed by atoms with van der Waals surface area (Å²) in [5.41, 5.74) is 1.45. The summed E-state index contributed by atoms with van der Waals surface area (Å²) in [7, 11) is -2.05. The summed E-state index contributed by atoms with van der Waals surface area (Å²) >= 11 is 0. The maximum Gasteiger partial charge on any atom is 0.319 e. The quantitative estimate of drug-likeness (QED) is 0.696. The summed E-state index contributed by atoms with van der Waals surface area (Å²) in [4.78, 5) is 23.0. The van der Waals surface area contributed by atoms with E-state index in [0.29, 0.717) is 42.4 Å². The number of aromatic nitrogens is 2. The van der Waals surface area contributed by atoms with E-state index in [0.717, 1.165) is 6.42 Å². The molecule has 0 saturated carbocycles. The van der Waals surface area contributed by atoms with Crippen LogP contribution in [0.1, 0.15) is 38.4 Å². The van der Waals surface area contributed by atoms with Gasteiger partial charge in [-0.25, -0.2) is 27.6 Å². The van der Waals surface area contributed by atoms with Gasteiger partial charge in [-0.1, -0.05) is 6.92 Å². The van der Waals surface area contributed by atoms with Gasteiger partial charge < -0.3 is 20.3 Å². The second kappa shape index (κ2) is 8.53. The maximum atomic E-state index is 14.7. The normalized spacial score (nSPS) is 20.9. The molecule has 1 fully saturated rings. The van der Waals surface area contributed by atoms with Gasteiger partial charge in [0.1, 0.15) is 16.4 Å². The zero-order valence-electron chi connectivity index (χ0n) is 19.1. The molecule has 2 amide bonds. The number of hydrogen-bond donors (Lipinski definition) is 2. The lowest BCUT2D eigenvalue weighted by Gasteiger charge is -2.37. The third kappa shape index (κ3) is 4.04. The first-order valence-corrected chi connectivity index (χ1v) is 12.5. The van der Waals surface area contributed by atoms with Gasteiger partial charge in [0, 0.05) is 24.7 Å². The molecule has 2 aliphatic heterocycles. The molecule has 0 radical (unpaired) electrons. The minimum absolute atomic E-state index is 0.0154. The molecule has 11 heteroatoms. The van der Waals surface area contributed by atoms with E-state index >= 15 is 0 Å². The Kier molecular flexibility index (Phi) is 6.04. The third-order valence-corrected chi connectivity index (χ3v) is 8.76. The van der Waals surface area contributed by atoms with Crippen molar-refractivity contribution in [3.8, 4) is 11.4 Å². The van der Waals surface area contributed by atoms with E-state index in [1.165, 1.54) is 19.2 Å². The summed E-state index contributed by atoms with van der Waals surface area (Å²) in [5.74, 6) is 0.0154. The number of morpholine rings is 1. The molecule has 0 spiro atoms. The Morgan fingerprint density at radius 3 is 2.76 bits per heavy atom. The number of ether oxygens (including phenoxy) is 1. The van der Waals surface area contributed by atoms with Crippen molar-refractivity contribution in [3.63, 3.8) is 0 Å². The Hall–Kier alpha value is -2.79. The Morgan fingerprint density at radius 2 is 2.09 bits per heavy atom. The van der Waals surface area contributed by atoms with E-state index in [4.69, 9.17) is 9.72 Å². The fourth-order valence-electron chi connectivity index (χ4n) is 4.20. The van der Waals surface area contributed by atoms with E-state index in [2.05, 4.69) is 20.5 Å². The molecule has 1 unspecified atom stereocenters. The van der Waals surface area contributed by atoms with Gasteiger partial charge >= 0.3 is 6.03 Å². The number of amides is 2. The molecule has 1 aromatic heterocycles. The second-order valence-electron chi connectivity index (χ2n) is 8.70. The van der Waals surface area contributed by atoms with Crippen molar-refractivity contribution < 1.29 is 22.3 Å². The highest BCUT2D eigenvalue weighted by Gasteiger charge is 2.48. The highest BCUT2D eigenvalue weighted by Crippen LogP contribution is 2.45. The number of anilines is 2. The highest BCUT2D eigenvalue weighted by molar-refractivity contribution is 7.91. The number of nitrogens with zero attached hydrogens (tertiary/aromatic N) is 3. The molecule has 9 nitrogen and oxygen atoms in total. The molecule has 1 aromatic carbocycles. The Morgan fingerprint density at radius 1 is 1.33 bits per heavy atom. The number of carbonyl (C=O) groups excluding carboxylic acids is 1. The molecule has 2 N–H and O–H groups in total. The average molecular weight is 478 g/mol. The smallest absolute Gasteiger partial charge is 0.319 e. The molecule has 4 rings (SSSR count). The molecule has 33 heavy (non-hydrogen) atoms. The van der Waals surface area contributed by atoms with E-state index in [9.17, 15) is 17.6 Å². The number of rotatable bonds is 4. The number of nitrogens with one attached hydrogen (secondary N) is 2. The van der Waals surface area contributed by atoms with Crippen LogP contribution >= 0.6 is 0 Å². The van der Waals surface area contributed by atoms with Crippen LogP contribution in [0.2, 0.25) is 0 Å². The number of benzene rings is 1. The van der Waals surface area contributed by atoms with Crippen molar-refractivity contribution in [2.24, 2.45) is 0 Å². The van der Waals surface area contributed by atoms with Crippen LogP contribution < -0.4 is 15.5 Å². The highest BCUT2D eigenvalue weighted by atomic mass is 32.2. The van der Waals surface area contributed by atoms with Gasteiger partial charge in [0.25, 0.3) is 0 Å². The van der Waals surface area contributed by atoms with Crippen LogP contribution in [0.15, 0.2) is 18.2 Å². The van der Waals surface area contributed by atoms with Crippen molar-refractivity contribution in [1.82, 2.24) is 15.3 Å². The fraction of sp³-hybridized carbons (Fsp3) is 0.500. The van der Waals surface area contributed by atoms with E-state index < -0.39 is 26.4 Å². The number of fused-ring (bicyclic) bond motifs is 1. The Balaban J connectivity index is 1.86. The van der Waals surface area contributed by atoms with Crippen molar-refractivity contribution in [1.29, 1.82) is 0 Å². The SMILES string of the molecule is CCC1COCCN1c1nc(-c2ccc(NC(=O)NC)c(F)c2)nc2c1CS(=O)(=O)C2(C)C. The molecule has 2 aliphatic rings. The van der Waals surface area contributed by atoms with Crippen LogP contribution in [0.4, 0.5) is 20.7 Å². The van der Waals surface area contributed by atoms with Gasteiger partial charge in [-0.15, -0.1) is 0 Å². The summed E-state index contributed by atoms with van der Waals surface area (Å²) in [5, 5.41) is 4.78. The van der Waals surface area contributed by atoms with Crippen LogP contribution in [-0.4, -0.2) is 57.3 Å². The third-order valence-electron chi connectivity index (χ3n) is 6.34. The zero-order chi connectivity index (χ0) is 24.0. The fourth-order valence-corrected chi connectivity index (χ4v) is 5.67. The van der Waals surface area contributed by atoms with E-state index in [-0.39, 0.29) is 23.3 Å². The summed E-state index contributed by atoms with van der Waals surface area (Å²) in [6, 6.07) is 3.79. The van der Waals surface area contributed by atoms with E-state index in [1.807, 2.05) is 6.92 Å². The molecule has 2 aromatic rings. The molecule has 1 saturated heterocycles. The average Bonchev–Trinajstić information content (AvgIpc) is 2.98. The first-order valence-electron chi connectivity index (χ1n) is 10.9. The standard InChI is InChI=1S/C22H28FN5O4S/c1-5-14-11-32-9-8-28(14)20-15-12-33(30,31)22(2,3)18(15)26-19(27-20)13-6-7-17(16(23)10-13)25-21(29)24-4/h6-7,10,14H,5,8-9,11-12H2,1-4H3,(H2,24,25,29). The molecule has 3 heterocycles. The van der Waals surface area contributed by atoms with Gasteiger partial charge in [-0.3, -0.25) is 0 Å². The lowest BCUT2D eigenvalue weighted by atomic mass is 10.0.